The molecule has 24 heavy (non-hydrogen) atoms. The third-order valence-electron chi connectivity index (χ3n) is 3.74. The molecule has 7 nitrogen and oxygen atoms in total. The Balaban J connectivity index is 2.03. The molecule has 0 atom stereocenters. The fourth-order valence-electron chi connectivity index (χ4n) is 2.48. The highest BCUT2D eigenvalue weighted by Crippen LogP contribution is 2.16. The Bertz CT molecular complexity index is 1060. The van der Waals surface area contributed by atoms with Gasteiger partial charge in [0, 0.05) is 38.2 Å². The number of benzene rings is 1. The van der Waals surface area contributed by atoms with E-state index in [1.165, 1.54) is 28.9 Å². The SMILES string of the molecule is Cc1cc(=O)n2ccn(Cc3cccc(S(=O)(=O)N(C)C)c3)c2n1. The third-order valence-corrected chi connectivity index (χ3v) is 5.56. The van der Waals surface area contributed by atoms with E-state index in [0.29, 0.717) is 18.0 Å². The van der Waals surface area contributed by atoms with Crippen LogP contribution in [0.3, 0.4) is 0 Å². The van der Waals surface area contributed by atoms with Gasteiger partial charge in [0.2, 0.25) is 15.8 Å². The van der Waals surface area contributed by atoms with E-state index in [2.05, 4.69) is 4.98 Å². The van der Waals surface area contributed by atoms with Gasteiger partial charge in [-0.1, -0.05) is 12.1 Å². The average molecular weight is 346 g/mol. The average Bonchev–Trinajstić information content (AvgIpc) is 2.90. The Morgan fingerprint density at radius 3 is 2.62 bits per heavy atom. The minimum Gasteiger partial charge on any atom is -0.312 e. The fourth-order valence-corrected chi connectivity index (χ4v) is 3.45. The van der Waals surface area contributed by atoms with E-state index in [1.54, 1.807) is 37.5 Å². The van der Waals surface area contributed by atoms with Crippen LogP contribution in [0.2, 0.25) is 0 Å². The van der Waals surface area contributed by atoms with Gasteiger partial charge < -0.3 is 4.57 Å². The Morgan fingerprint density at radius 2 is 1.92 bits per heavy atom. The quantitative estimate of drug-likeness (QED) is 0.709. The van der Waals surface area contributed by atoms with Crippen LogP contribution in [0.5, 0.6) is 0 Å². The minimum atomic E-state index is -3.48. The molecule has 3 aromatic rings. The predicted molar refractivity (Wildman–Crippen MR) is 90.6 cm³/mol. The number of nitrogens with zero attached hydrogens (tertiary/aromatic N) is 4. The molecule has 8 heteroatoms. The van der Waals surface area contributed by atoms with Crippen LogP contribution in [-0.2, 0) is 16.6 Å². The lowest BCUT2D eigenvalue weighted by Crippen LogP contribution is -2.22. The van der Waals surface area contributed by atoms with Gasteiger partial charge in [-0.05, 0) is 24.6 Å². The first-order valence-electron chi connectivity index (χ1n) is 7.35. The van der Waals surface area contributed by atoms with E-state index in [-0.39, 0.29) is 10.5 Å². The summed E-state index contributed by atoms with van der Waals surface area (Å²) in [6.07, 6.45) is 3.42. The van der Waals surface area contributed by atoms with E-state index >= 15 is 0 Å². The van der Waals surface area contributed by atoms with E-state index in [1.807, 2.05) is 10.6 Å². The second kappa shape index (κ2) is 5.88. The number of aromatic nitrogens is 3. The van der Waals surface area contributed by atoms with Crippen molar-refractivity contribution in [1.29, 1.82) is 0 Å². The van der Waals surface area contributed by atoms with Gasteiger partial charge in [-0.25, -0.2) is 17.7 Å². The smallest absolute Gasteiger partial charge is 0.259 e. The molecule has 1 aromatic carbocycles. The highest BCUT2D eigenvalue weighted by atomic mass is 32.2. The molecule has 0 unspecified atom stereocenters. The molecule has 0 bridgehead atoms. The maximum Gasteiger partial charge on any atom is 0.259 e. The summed E-state index contributed by atoms with van der Waals surface area (Å²) in [7, 11) is -0.480. The first-order valence-corrected chi connectivity index (χ1v) is 8.79. The summed E-state index contributed by atoms with van der Waals surface area (Å²) in [6, 6.07) is 8.24. The van der Waals surface area contributed by atoms with Crippen LogP contribution >= 0.6 is 0 Å². The lowest BCUT2D eigenvalue weighted by molar-refractivity contribution is 0.520. The number of hydrogen-bond acceptors (Lipinski definition) is 4. The van der Waals surface area contributed by atoms with Gasteiger partial charge in [-0.2, -0.15) is 0 Å². The van der Waals surface area contributed by atoms with Gasteiger partial charge in [-0.15, -0.1) is 0 Å². The van der Waals surface area contributed by atoms with Crippen molar-refractivity contribution in [2.24, 2.45) is 0 Å². The molecule has 0 saturated heterocycles. The lowest BCUT2D eigenvalue weighted by Gasteiger charge is -2.12. The van der Waals surface area contributed by atoms with Crippen molar-refractivity contribution in [3.8, 4) is 0 Å². The van der Waals surface area contributed by atoms with Crippen LogP contribution in [0.15, 0.2) is 52.4 Å². The number of imidazole rings is 1. The molecule has 0 aliphatic rings. The number of fused-ring (bicyclic) bond motifs is 1. The van der Waals surface area contributed by atoms with Crippen molar-refractivity contribution in [3.05, 3.63) is 64.3 Å². The zero-order valence-electron chi connectivity index (χ0n) is 13.7. The van der Waals surface area contributed by atoms with Crippen molar-refractivity contribution < 1.29 is 8.42 Å². The summed E-state index contributed by atoms with van der Waals surface area (Å²) in [5.41, 5.74) is 1.32. The maximum atomic E-state index is 12.2. The van der Waals surface area contributed by atoms with Gasteiger partial charge >= 0.3 is 0 Å². The van der Waals surface area contributed by atoms with Crippen LogP contribution < -0.4 is 5.56 Å². The molecule has 0 aliphatic carbocycles. The fraction of sp³-hybridized carbons (Fsp3) is 0.250. The van der Waals surface area contributed by atoms with E-state index in [0.717, 1.165) is 5.56 Å². The zero-order valence-corrected chi connectivity index (χ0v) is 14.5. The van der Waals surface area contributed by atoms with Crippen LogP contribution in [0.1, 0.15) is 11.3 Å². The van der Waals surface area contributed by atoms with Crippen molar-refractivity contribution in [3.63, 3.8) is 0 Å². The van der Waals surface area contributed by atoms with Crippen molar-refractivity contribution >= 4 is 15.8 Å². The molecule has 0 spiro atoms. The van der Waals surface area contributed by atoms with Crippen molar-refractivity contribution in [1.82, 2.24) is 18.3 Å². The Hall–Kier alpha value is -2.45. The Kier molecular flexibility index (Phi) is 4.02. The molecule has 0 saturated carbocycles. The van der Waals surface area contributed by atoms with Gasteiger partial charge in [0.1, 0.15) is 0 Å². The summed E-state index contributed by atoms with van der Waals surface area (Å²) < 4.78 is 29.0. The van der Waals surface area contributed by atoms with Gasteiger partial charge in [0.15, 0.2) is 0 Å². The first kappa shape index (κ1) is 16.4. The largest absolute Gasteiger partial charge is 0.312 e. The molecule has 0 amide bonds. The van der Waals surface area contributed by atoms with Crippen LogP contribution in [0, 0.1) is 6.92 Å². The van der Waals surface area contributed by atoms with E-state index in [4.69, 9.17) is 0 Å². The summed E-state index contributed by atoms with van der Waals surface area (Å²) in [5, 5.41) is 0. The third kappa shape index (κ3) is 2.85. The molecule has 0 N–H and O–H groups in total. The normalized spacial score (nSPS) is 12.2. The highest BCUT2D eigenvalue weighted by Gasteiger charge is 2.17. The highest BCUT2D eigenvalue weighted by molar-refractivity contribution is 7.89. The van der Waals surface area contributed by atoms with Crippen LogP contribution in [-0.4, -0.2) is 40.8 Å². The first-order chi connectivity index (χ1) is 11.3. The molecule has 2 aromatic heterocycles. The lowest BCUT2D eigenvalue weighted by atomic mass is 10.2. The second-order valence-electron chi connectivity index (χ2n) is 5.77. The van der Waals surface area contributed by atoms with Crippen LogP contribution in [0.25, 0.3) is 5.78 Å². The molecular formula is C16H18N4O3S. The predicted octanol–water partition coefficient (Wildman–Crippen LogP) is 1.10. The standard InChI is InChI=1S/C16H18N4O3S/c1-12-9-15(21)20-8-7-19(16(20)17-12)11-13-5-4-6-14(10-13)24(22,23)18(2)3/h4-10H,11H2,1-3H3. The monoisotopic (exact) mass is 346 g/mol. The number of aryl methyl sites for hydroxylation is 1. The van der Waals surface area contributed by atoms with Gasteiger partial charge in [-0.3, -0.25) is 9.20 Å². The molecule has 0 aliphatic heterocycles. The minimum absolute atomic E-state index is 0.139. The topological polar surface area (TPSA) is 76.7 Å². The van der Waals surface area contributed by atoms with Gasteiger partial charge in [0.05, 0.1) is 11.4 Å². The summed E-state index contributed by atoms with van der Waals surface area (Å²) in [6.45, 7) is 2.19. The van der Waals surface area contributed by atoms with E-state index in [9.17, 15) is 13.2 Å². The molecule has 3 rings (SSSR count). The molecule has 0 radical (unpaired) electrons. The van der Waals surface area contributed by atoms with Crippen molar-refractivity contribution in [2.45, 2.75) is 18.4 Å². The van der Waals surface area contributed by atoms with Crippen molar-refractivity contribution in [2.75, 3.05) is 14.1 Å². The van der Waals surface area contributed by atoms with Crippen LogP contribution in [0.4, 0.5) is 0 Å². The second-order valence-corrected chi connectivity index (χ2v) is 7.92. The molecule has 126 valence electrons. The molecule has 0 fully saturated rings. The molecular weight excluding hydrogens is 328 g/mol. The summed E-state index contributed by atoms with van der Waals surface area (Å²) in [4.78, 5) is 16.6. The summed E-state index contributed by atoms with van der Waals surface area (Å²) in [5.74, 6) is 0.529. The molecule has 2 heterocycles. The Morgan fingerprint density at radius 1 is 1.17 bits per heavy atom. The Labute approximate surface area is 139 Å². The van der Waals surface area contributed by atoms with Gasteiger partial charge in [0.25, 0.3) is 5.56 Å². The maximum absolute atomic E-state index is 12.2. The van der Waals surface area contributed by atoms with E-state index < -0.39 is 10.0 Å². The zero-order chi connectivity index (χ0) is 17.5. The number of hydrogen-bond donors (Lipinski definition) is 0. The number of rotatable bonds is 4. The number of sulfonamides is 1. The summed E-state index contributed by atoms with van der Waals surface area (Å²) >= 11 is 0.